The van der Waals surface area contributed by atoms with Crippen molar-refractivity contribution < 1.29 is 9.21 Å². The van der Waals surface area contributed by atoms with Gasteiger partial charge in [-0.2, -0.15) is 10.1 Å². The highest BCUT2D eigenvalue weighted by Crippen LogP contribution is 2.23. The average molecular weight is 350 g/mol. The van der Waals surface area contributed by atoms with Crippen LogP contribution in [0, 0.1) is 0 Å². The fourth-order valence-corrected chi connectivity index (χ4v) is 3.47. The van der Waals surface area contributed by atoms with Crippen LogP contribution in [0.1, 0.15) is 10.4 Å². The Morgan fingerprint density at radius 1 is 1.12 bits per heavy atom. The Morgan fingerprint density at radius 3 is 2.73 bits per heavy atom. The van der Waals surface area contributed by atoms with E-state index in [1.54, 1.807) is 10.7 Å². The summed E-state index contributed by atoms with van der Waals surface area (Å²) in [4.78, 5) is 21.4. The molecule has 0 aliphatic carbocycles. The summed E-state index contributed by atoms with van der Waals surface area (Å²) in [7, 11) is 1.92. The standard InChI is InChI=1S/C18H18N6O2/c1-21-6-11-24-16(21)13(12-19-24)17(25)22-7-9-23(10-8-22)18-20-14-4-2-3-5-15(14)26-18/h2-6,11-12H,7-10H2,1H3. The Bertz CT molecular complexity index is 1070. The second-order valence-corrected chi connectivity index (χ2v) is 6.48. The number of hydrogen-bond donors (Lipinski definition) is 0. The zero-order chi connectivity index (χ0) is 17.7. The smallest absolute Gasteiger partial charge is 0.298 e. The maximum Gasteiger partial charge on any atom is 0.298 e. The van der Waals surface area contributed by atoms with Crippen LogP contribution in [0.4, 0.5) is 6.01 Å². The molecule has 0 spiro atoms. The lowest BCUT2D eigenvalue weighted by Crippen LogP contribution is -2.49. The molecule has 0 bridgehead atoms. The van der Waals surface area contributed by atoms with Crippen LogP contribution in [-0.2, 0) is 7.05 Å². The number of para-hydroxylation sites is 2. The summed E-state index contributed by atoms with van der Waals surface area (Å²) >= 11 is 0. The number of hydrogen-bond acceptors (Lipinski definition) is 5. The maximum absolute atomic E-state index is 12.9. The Kier molecular flexibility index (Phi) is 3.24. The number of nitrogens with zero attached hydrogens (tertiary/aromatic N) is 6. The SMILES string of the molecule is Cn1ccn2ncc(C(=O)N3CCN(c4nc5ccccc5o4)CC3)c12. The van der Waals surface area contributed by atoms with Crippen molar-refractivity contribution >= 4 is 28.7 Å². The number of fused-ring (bicyclic) bond motifs is 2. The number of carbonyl (C=O) groups excluding carboxylic acids is 1. The van der Waals surface area contributed by atoms with Crippen molar-refractivity contribution in [2.45, 2.75) is 0 Å². The first-order valence-corrected chi connectivity index (χ1v) is 8.59. The summed E-state index contributed by atoms with van der Waals surface area (Å²) in [5.74, 6) is 0.0130. The number of piperazine rings is 1. The molecule has 1 aliphatic heterocycles. The summed E-state index contributed by atoms with van der Waals surface area (Å²) < 4.78 is 9.47. The number of imidazole rings is 1. The minimum absolute atomic E-state index is 0.0130. The lowest BCUT2D eigenvalue weighted by Gasteiger charge is -2.33. The zero-order valence-corrected chi connectivity index (χ0v) is 14.4. The molecule has 1 saturated heterocycles. The molecule has 4 aromatic rings. The van der Waals surface area contributed by atoms with Crippen molar-refractivity contribution in [2.75, 3.05) is 31.1 Å². The van der Waals surface area contributed by atoms with Crippen molar-refractivity contribution in [1.29, 1.82) is 0 Å². The van der Waals surface area contributed by atoms with Gasteiger partial charge in [0.25, 0.3) is 11.9 Å². The first-order valence-electron chi connectivity index (χ1n) is 8.59. The summed E-state index contributed by atoms with van der Waals surface area (Å²) in [6.07, 6.45) is 5.38. The van der Waals surface area contributed by atoms with Crippen LogP contribution in [0.15, 0.2) is 47.3 Å². The summed E-state index contributed by atoms with van der Waals surface area (Å²) in [5.41, 5.74) is 3.09. The van der Waals surface area contributed by atoms with E-state index in [1.807, 2.05) is 53.2 Å². The predicted octanol–water partition coefficient (Wildman–Crippen LogP) is 1.78. The van der Waals surface area contributed by atoms with Crippen LogP contribution in [0.25, 0.3) is 16.7 Å². The normalized spacial score (nSPS) is 15.3. The van der Waals surface area contributed by atoms with Gasteiger partial charge in [0.05, 0.1) is 6.20 Å². The van der Waals surface area contributed by atoms with Crippen molar-refractivity contribution in [2.24, 2.45) is 7.05 Å². The van der Waals surface area contributed by atoms with Gasteiger partial charge in [-0.05, 0) is 12.1 Å². The molecule has 1 amide bonds. The molecule has 5 rings (SSSR count). The van der Waals surface area contributed by atoms with Gasteiger partial charge in [0, 0.05) is 45.6 Å². The molecule has 0 N–H and O–H groups in total. The number of carbonyl (C=O) groups is 1. The van der Waals surface area contributed by atoms with E-state index < -0.39 is 0 Å². The van der Waals surface area contributed by atoms with E-state index in [-0.39, 0.29) is 5.91 Å². The highest BCUT2D eigenvalue weighted by atomic mass is 16.4. The van der Waals surface area contributed by atoms with E-state index >= 15 is 0 Å². The predicted molar refractivity (Wildman–Crippen MR) is 96.3 cm³/mol. The van der Waals surface area contributed by atoms with Crippen molar-refractivity contribution in [3.05, 3.63) is 48.4 Å². The minimum Gasteiger partial charge on any atom is -0.423 e. The molecule has 26 heavy (non-hydrogen) atoms. The monoisotopic (exact) mass is 350 g/mol. The van der Waals surface area contributed by atoms with Crippen LogP contribution >= 0.6 is 0 Å². The molecule has 8 heteroatoms. The molecule has 132 valence electrons. The molecule has 1 aliphatic rings. The Morgan fingerprint density at radius 2 is 1.92 bits per heavy atom. The van der Waals surface area contributed by atoms with E-state index in [9.17, 15) is 4.79 Å². The number of aryl methyl sites for hydroxylation is 1. The van der Waals surface area contributed by atoms with Gasteiger partial charge in [-0.3, -0.25) is 4.79 Å². The minimum atomic E-state index is 0.0130. The second kappa shape index (κ2) is 5.62. The number of oxazole rings is 1. The average Bonchev–Trinajstić information content (AvgIpc) is 3.37. The van der Waals surface area contributed by atoms with E-state index in [4.69, 9.17) is 4.42 Å². The first-order chi connectivity index (χ1) is 12.7. The molecule has 3 aromatic heterocycles. The molecule has 0 saturated carbocycles. The van der Waals surface area contributed by atoms with Gasteiger partial charge in [-0.25, -0.2) is 4.52 Å². The van der Waals surface area contributed by atoms with Crippen LogP contribution in [-0.4, -0.2) is 56.2 Å². The van der Waals surface area contributed by atoms with Gasteiger partial charge in [0.2, 0.25) is 0 Å². The Balaban J connectivity index is 1.33. The van der Waals surface area contributed by atoms with Gasteiger partial charge in [0.15, 0.2) is 5.58 Å². The first kappa shape index (κ1) is 15.0. The van der Waals surface area contributed by atoms with Crippen LogP contribution < -0.4 is 4.90 Å². The maximum atomic E-state index is 12.9. The molecular weight excluding hydrogens is 332 g/mol. The van der Waals surface area contributed by atoms with Gasteiger partial charge in [-0.15, -0.1) is 0 Å². The third-order valence-electron chi connectivity index (χ3n) is 4.89. The third-order valence-corrected chi connectivity index (χ3v) is 4.89. The quantitative estimate of drug-likeness (QED) is 0.551. The van der Waals surface area contributed by atoms with E-state index in [2.05, 4.69) is 15.0 Å². The summed E-state index contributed by atoms with van der Waals surface area (Å²) in [6.45, 7) is 2.63. The summed E-state index contributed by atoms with van der Waals surface area (Å²) in [5, 5.41) is 4.26. The van der Waals surface area contributed by atoms with E-state index in [0.29, 0.717) is 37.8 Å². The molecule has 8 nitrogen and oxygen atoms in total. The number of anilines is 1. The topological polar surface area (TPSA) is 71.8 Å². The summed E-state index contributed by atoms with van der Waals surface area (Å²) in [6, 6.07) is 8.35. The van der Waals surface area contributed by atoms with Crippen LogP contribution in [0.2, 0.25) is 0 Å². The van der Waals surface area contributed by atoms with Gasteiger partial charge >= 0.3 is 0 Å². The Labute approximate surface area is 149 Å². The van der Waals surface area contributed by atoms with Crippen molar-refractivity contribution in [1.82, 2.24) is 24.1 Å². The zero-order valence-electron chi connectivity index (χ0n) is 14.4. The fourth-order valence-electron chi connectivity index (χ4n) is 3.47. The number of aromatic nitrogens is 4. The molecule has 4 heterocycles. The Hall–Kier alpha value is -3.29. The van der Waals surface area contributed by atoms with Gasteiger partial charge in [0.1, 0.15) is 16.7 Å². The van der Waals surface area contributed by atoms with Crippen LogP contribution in [0.5, 0.6) is 0 Å². The molecule has 1 aromatic carbocycles. The molecule has 0 atom stereocenters. The number of benzene rings is 1. The molecule has 0 unspecified atom stereocenters. The van der Waals surface area contributed by atoms with Gasteiger partial charge < -0.3 is 18.8 Å². The lowest BCUT2D eigenvalue weighted by molar-refractivity contribution is 0.0746. The number of amides is 1. The molecular formula is C18H18N6O2. The second-order valence-electron chi connectivity index (χ2n) is 6.48. The highest BCUT2D eigenvalue weighted by Gasteiger charge is 2.27. The molecule has 0 radical (unpaired) electrons. The van der Waals surface area contributed by atoms with Crippen molar-refractivity contribution in [3.8, 4) is 0 Å². The third kappa shape index (κ3) is 2.26. The van der Waals surface area contributed by atoms with Gasteiger partial charge in [-0.1, -0.05) is 12.1 Å². The van der Waals surface area contributed by atoms with E-state index in [0.717, 1.165) is 16.7 Å². The fraction of sp³-hybridized carbons (Fsp3) is 0.278. The number of rotatable bonds is 2. The van der Waals surface area contributed by atoms with E-state index in [1.165, 1.54) is 0 Å². The molecule has 1 fully saturated rings. The largest absolute Gasteiger partial charge is 0.423 e. The van der Waals surface area contributed by atoms with Crippen molar-refractivity contribution in [3.63, 3.8) is 0 Å². The highest BCUT2D eigenvalue weighted by molar-refractivity contribution is 6.00. The van der Waals surface area contributed by atoms with Crippen LogP contribution in [0.3, 0.4) is 0 Å². The lowest BCUT2D eigenvalue weighted by atomic mass is 10.2.